The van der Waals surface area contributed by atoms with Crippen LogP contribution in [0.25, 0.3) is 98.0 Å². The average Bonchev–Trinajstić information content (AvgIpc) is 3.89. The zero-order valence-corrected chi connectivity index (χ0v) is 33.4. The molecule has 8 aromatic carbocycles. The van der Waals surface area contributed by atoms with Crippen LogP contribution in [0.15, 0.2) is 170 Å². The second kappa shape index (κ2) is 13.4. The molecule has 0 fully saturated rings. The van der Waals surface area contributed by atoms with Gasteiger partial charge < -0.3 is 0 Å². The Hall–Kier alpha value is -6.32. The smallest absolute Gasteiger partial charge is 0.0355 e. The number of rotatable bonds is 6. The Morgan fingerprint density at radius 3 is 1.16 bits per heavy atom. The molecular weight excluding hydrogens is 725 g/mol. The van der Waals surface area contributed by atoms with Crippen LogP contribution in [-0.4, -0.2) is 0 Å². The summed E-state index contributed by atoms with van der Waals surface area (Å²) in [6.07, 6.45) is 8.96. The van der Waals surface area contributed by atoms with Gasteiger partial charge in [-0.2, -0.15) is 0 Å². The summed E-state index contributed by atoms with van der Waals surface area (Å²) in [4.78, 5) is 0. The molecule has 0 aliphatic heterocycles. The summed E-state index contributed by atoms with van der Waals surface area (Å²) in [6.45, 7) is 4.73. The van der Waals surface area contributed by atoms with Gasteiger partial charge in [-0.3, -0.25) is 0 Å². The van der Waals surface area contributed by atoms with Crippen molar-refractivity contribution < 1.29 is 0 Å². The van der Waals surface area contributed by atoms with Gasteiger partial charge in [0.2, 0.25) is 0 Å². The first-order valence-electron chi connectivity index (χ1n) is 19.6. The van der Waals surface area contributed by atoms with Gasteiger partial charge in [0, 0.05) is 45.8 Å². The fourth-order valence-corrected chi connectivity index (χ4v) is 10.9. The van der Waals surface area contributed by atoms with Crippen molar-refractivity contribution in [2.24, 2.45) is 0 Å². The molecule has 0 nitrogen and oxygen atoms in total. The number of thiophene rings is 2. The van der Waals surface area contributed by atoms with Crippen molar-refractivity contribution >= 4 is 87.3 Å². The minimum absolute atomic E-state index is 0.0918. The summed E-state index contributed by atoms with van der Waals surface area (Å²) in [5.41, 5.74) is 15.2. The quantitative estimate of drug-likeness (QED) is 0.148. The summed E-state index contributed by atoms with van der Waals surface area (Å²) >= 11 is 3.73. The standard InChI is InChI=1S/C55H38S2/c1-55(2)49-31-37(13-11-35-15-21-39(22-16-35)41-25-29-53-47(33-41)45-7-3-5-9-51(45)56-53)19-27-43(49)44-28-20-38(32-50(44)55)14-12-36-17-23-40(24-18-36)42-26-30-54-48(34-42)46-8-4-6-10-52(46)57-54/h3-34H,1-2H3/b13-11+,14-12+. The van der Waals surface area contributed by atoms with E-state index in [9.17, 15) is 0 Å². The van der Waals surface area contributed by atoms with E-state index in [0.717, 1.165) is 0 Å². The van der Waals surface area contributed by atoms with Gasteiger partial charge in [0.1, 0.15) is 0 Å². The molecule has 0 bridgehead atoms. The lowest BCUT2D eigenvalue weighted by Crippen LogP contribution is -2.15. The van der Waals surface area contributed by atoms with Gasteiger partial charge in [0.05, 0.1) is 0 Å². The van der Waals surface area contributed by atoms with Crippen LogP contribution in [0.1, 0.15) is 47.2 Å². The summed E-state index contributed by atoms with van der Waals surface area (Å²) in [5, 5.41) is 5.36. The van der Waals surface area contributed by atoms with Crippen molar-refractivity contribution in [3.05, 3.63) is 203 Å². The Morgan fingerprint density at radius 1 is 0.333 bits per heavy atom. The molecule has 0 amide bonds. The van der Waals surface area contributed by atoms with E-state index in [2.05, 4.69) is 208 Å². The highest BCUT2D eigenvalue weighted by molar-refractivity contribution is 7.26. The Kier molecular flexibility index (Phi) is 8.00. The molecule has 0 unspecified atom stereocenters. The first kappa shape index (κ1) is 34.0. The van der Waals surface area contributed by atoms with E-state index >= 15 is 0 Å². The molecule has 0 saturated carbocycles. The average molecular weight is 763 g/mol. The van der Waals surface area contributed by atoms with Gasteiger partial charge in [-0.25, -0.2) is 0 Å². The van der Waals surface area contributed by atoms with Crippen LogP contribution >= 0.6 is 22.7 Å². The first-order valence-corrected chi connectivity index (χ1v) is 21.3. The SMILES string of the molecule is CC1(C)c2cc(/C=C/c3ccc(-c4ccc5sc6ccccc6c5c4)cc3)ccc2-c2ccc(/C=C/c3ccc(-c4ccc5sc6ccccc6c5c4)cc3)cc21. The predicted octanol–water partition coefficient (Wildman–Crippen LogP) is 16.4. The molecule has 2 heterocycles. The van der Waals surface area contributed by atoms with E-state index in [1.165, 1.54) is 107 Å². The number of benzene rings is 8. The molecule has 11 rings (SSSR count). The maximum atomic E-state index is 2.39. The van der Waals surface area contributed by atoms with E-state index < -0.39 is 0 Å². The zero-order chi connectivity index (χ0) is 38.1. The van der Waals surface area contributed by atoms with Crippen LogP contribution in [-0.2, 0) is 5.41 Å². The van der Waals surface area contributed by atoms with Crippen molar-refractivity contribution in [2.75, 3.05) is 0 Å². The highest BCUT2D eigenvalue weighted by Crippen LogP contribution is 2.49. The Labute approximate surface area is 341 Å². The molecule has 1 aliphatic rings. The molecule has 1 aliphatic carbocycles. The van der Waals surface area contributed by atoms with Gasteiger partial charge in [0.25, 0.3) is 0 Å². The molecule has 2 aromatic heterocycles. The van der Waals surface area contributed by atoms with Crippen LogP contribution in [0, 0.1) is 0 Å². The van der Waals surface area contributed by atoms with E-state index in [1.807, 2.05) is 22.7 Å². The summed E-state index contributed by atoms with van der Waals surface area (Å²) in [7, 11) is 0. The minimum atomic E-state index is -0.0918. The summed E-state index contributed by atoms with van der Waals surface area (Å²) < 4.78 is 5.37. The van der Waals surface area contributed by atoms with Crippen molar-refractivity contribution in [1.29, 1.82) is 0 Å². The molecule has 2 heteroatoms. The molecule has 0 spiro atoms. The summed E-state index contributed by atoms with van der Waals surface area (Å²) in [6, 6.07) is 62.9. The van der Waals surface area contributed by atoms with Crippen LogP contribution in [0.4, 0.5) is 0 Å². The van der Waals surface area contributed by atoms with Gasteiger partial charge >= 0.3 is 0 Å². The third kappa shape index (κ3) is 5.96. The fourth-order valence-electron chi connectivity index (χ4n) is 8.75. The van der Waals surface area contributed by atoms with Gasteiger partial charge in [0.15, 0.2) is 0 Å². The lowest BCUT2D eigenvalue weighted by atomic mass is 9.81. The number of fused-ring (bicyclic) bond motifs is 9. The first-order chi connectivity index (χ1) is 27.9. The molecule has 10 aromatic rings. The fraction of sp³-hybridized carbons (Fsp3) is 0.0545. The predicted molar refractivity (Wildman–Crippen MR) is 251 cm³/mol. The third-order valence-corrected chi connectivity index (χ3v) is 14.2. The van der Waals surface area contributed by atoms with E-state index in [4.69, 9.17) is 0 Å². The second-order valence-corrected chi connectivity index (χ2v) is 17.9. The van der Waals surface area contributed by atoms with Crippen molar-refractivity contribution in [3.63, 3.8) is 0 Å². The normalized spacial score (nSPS) is 13.4. The van der Waals surface area contributed by atoms with Gasteiger partial charge in [-0.05, 0) is 103 Å². The topological polar surface area (TPSA) is 0 Å². The maximum absolute atomic E-state index is 2.39. The lowest BCUT2D eigenvalue weighted by molar-refractivity contribution is 0.660. The minimum Gasteiger partial charge on any atom is -0.135 e. The molecule has 0 atom stereocenters. The number of hydrogen-bond donors (Lipinski definition) is 0. The third-order valence-electron chi connectivity index (χ3n) is 11.9. The van der Waals surface area contributed by atoms with Gasteiger partial charge in [-0.1, -0.05) is 172 Å². The molecule has 0 radical (unpaired) electrons. The van der Waals surface area contributed by atoms with Crippen molar-refractivity contribution in [1.82, 2.24) is 0 Å². The molecular formula is C55H38S2. The number of hydrogen-bond acceptors (Lipinski definition) is 2. The Morgan fingerprint density at radius 2 is 0.702 bits per heavy atom. The van der Waals surface area contributed by atoms with E-state index in [1.54, 1.807) is 0 Å². The highest BCUT2D eigenvalue weighted by Gasteiger charge is 2.35. The van der Waals surface area contributed by atoms with Crippen LogP contribution in [0.3, 0.4) is 0 Å². The van der Waals surface area contributed by atoms with Crippen LogP contribution < -0.4 is 0 Å². The Bertz CT molecular complexity index is 3020. The van der Waals surface area contributed by atoms with Crippen molar-refractivity contribution in [3.8, 4) is 33.4 Å². The molecule has 0 saturated heterocycles. The van der Waals surface area contributed by atoms with Crippen LogP contribution in [0.2, 0.25) is 0 Å². The zero-order valence-electron chi connectivity index (χ0n) is 31.8. The Balaban J connectivity index is 0.795. The largest absolute Gasteiger partial charge is 0.135 e. The van der Waals surface area contributed by atoms with Crippen LogP contribution in [0.5, 0.6) is 0 Å². The molecule has 270 valence electrons. The lowest BCUT2D eigenvalue weighted by Gasteiger charge is -2.22. The molecule has 57 heavy (non-hydrogen) atoms. The maximum Gasteiger partial charge on any atom is 0.0355 e. The van der Waals surface area contributed by atoms with E-state index in [-0.39, 0.29) is 5.41 Å². The van der Waals surface area contributed by atoms with Crippen molar-refractivity contribution in [2.45, 2.75) is 19.3 Å². The highest BCUT2D eigenvalue weighted by atomic mass is 32.1. The van der Waals surface area contributed by atoms with E-state index in [0.29, 0.717) is 0 Å². The van der Waals surface area contributed by atoms with Gasteiger partial charge in [-0.15, -0.1) is 22.7 Å². The monoisotopic (exact) mass is 762 g/mol. The summed E-state index contributed by atoms with van der Waals surface area (Å²) in [5.74, 6) is 0. The molecule has 0 N–H and O–H groups in total. The second-order valence-electron chi connectivity index (χ2n) is 15.8.